The molecule has 0 radical (unpaired) electrons. The van der Waals surface area contributed by atoms with Crippen LogP contribution in [0.2, 0.25) is 0 Å². The molecule has 0 aromatic heterocycles. The minimum absolute atomic E-state index is 0.0591. The van der Waals surface area contributed by atoms with E-state index in [0.29, 0.717) is 18.7 Å². The molecule has 3 N–H and O–H groups in total. The molecule has 5 nitrogen and oxygen atoms in total. The van der Waals surface area contributed by atoms with Crippen LogP contribution in [-0.2, 0) is 4.79 Å². The number of nitrogens with two attached hydrogens (primary N) is 1. The van der Waals surface area contributed by atoms with Crippen molar-refractivity contribution in [1.29, 1.82) is 5.41 Å². The third-order valence-corrected chi connectivity index (χ3v) is 4.95. The third kappa shape index (κ3) is 2.18. The van der Waals surface area contributed by atoms with Crippen LogP contribution >= 0.6 is 0 Å². The molecule has 7 heteroatoms. The lowest BCUT2D eigenvalue weighted by Crippen LogP contribution is -2.42. The van der Waals surface area contributed by atoms with Crippen LogP contribution in [0.3, 0.4) is 0 Å². The number of alkyl halides is 2. The van der Waals surface area contributed by atoms with Crippen LogP contribution < -0.4 is 5.73 Å². The Morgan fingerprint density at radius 2 is 2.05 bits per heavy atom. The van der Waals surface area contributed by atoms with Gasteiger partial charge in [0.2, 0.25) is 11.8 Å². The number of hydrogen-bond acceptors (Lipinski definition) is 3. The minimum Gasteiger partial charge on any atom is -0.403 e. The largest absolute Gasteiger partial charge is 0.403 e. The number of amides is 1. The second-order valence-electron chi connectivity index (χ2n) is 6.43. The predicted octanol–water partition coefficient (Wildman–Crippen LogP) is 1.51. The number of halogens is 2. The van der Waals surface area contributed by atoms with Crippen molar-refractivity contribution in [2.45, 2.75) is 44.1 Å². The zero-order valence-corrected chi connectivity index (χ0v) is 12.0. The molecular weight excluding hydrogens is 278 g/mol. The van der Waals surface area contributed by atoms with E-state index in [1.54, 1.807) is 11.9 Å². The Hall–Kier alpha value is -1.66. The smallest absolute Gasteiger partial charge is 0.250 e. The quantitative estimate of drug-likeness (QED) is 0.770. The van der Waals surface area contributed by atoms with Gasteiger partial charge in [-0.15, -0.1) is 0 Å². The van der Waals surface area contributed by atoms with Crippen LogP contribution in [0.1, 0.15) is 32.1 Å². The number of amidine groups is 1. The second-order valence-corrected chi connectivity index (χ2v) is 6.43. The lowest BCUT2D eigenvalue weighted by Gasteiger charge is -2.31. The standard InChI is InChI=1S/C14H20F2N4O/c1-19-10(7-17)11(18)20(8-13(4-5-13)12(19)21)9-2-3-14(15,16)6-9/h7,9,18H,2-6,8,17H2,1H3/b10-7+,18-11?/t9-/m1/s1. The SMILES string of the molecule is CN1C(=O)C2(CC2)CN([C@@H]2CCC(F)(F)C2)C(=N)/C1=C\N. The van der Waals surface area contributed by atoms with Gasteiger partial charge in [0.15, 0.2) is 0 Å². The zero-order valence-electron chi connectivity index (χ0n) is 12.0. The summed E-state index contributed by atoms with van der Waals surface area (Å²) in [4.78, 5) is 15.6. The summed E-state index contributed by atoms with van der Waals surface area (Å²) < 4.78 is 27.0. The number of nitrogens with one attached hydrogen (secondary N) is 1. The highest BCUT2D eigenvalue weighted by molar-refractivity contribution is 6.03. The lowest BCUT2D eigenvalue weighted by atomic mass is 10.0. The van der Waals surface area contributed by atoms with E-state index in [1.807, 2.05) is 0 Å². The fraction of sp³-hybridized carbons (Fsp3) is 0.714. The zero-order chi connectivity index (χ0) is 15.4. The molecule has 0 aromatic carbocycles. The summed E-state index contributed by atoms with van der Waals surface area (Å²) >= 11 is 0. The monoisotopic (exact) mass is 298 g/mol. The molecule has 1 saturated heterocycles. The molecule has 3 fully saturated rings. The Balaban J connectivity index is 1.93. The summed E-state index contributed by atoms with van der Waals surface area (Å²) in [6.45, 7) is 0.354. The minimum atomic E-state index is -2.67. The molecular formula is C14H20F2N4O. The maximum absolute atomic E-state index is 13.5. The molecule has 1 aliphatic heterocycles. The number of nitrogens with zero attached hydrogens (tertiary/aromatic N) is 2. The molecule has 116 valence electrons. The van der Waals surface area contributed by atoms with Crippen molar-refractivity contribution in [2.75, 3.05) is 13.6 Å². The van der Waals surface area contributed by atoms with Crippen molar-refractivity contribution in [2.24, 2.45) is 11.1 Å². The summed E-state index contributed by atoms with van der Waals surface area (Å²) in [6, 6.07) is -0.390. The molecule has 1 atom stereocenters. The molecule has 2 saturated carbocycles. The van der Waals surface area contributed by atoms with Crippen molar-refractivity contribution in [3.8, 4) is 0 Å². The number of hydrogen-bond donors (Lipinski definition) is 2. The first-order valence-corrected chi connectivity index (χ1v) is 7.23. The average Bonchev–Trinajstić information content (AvgIpc) is 3.13. The second kappa shape index (κ2) is 4.42. The maximum atomic E-state index is 13.5. The molecule has 1 amide bonds. The first-order chi connectivity index (χ1) is 9.80. The van der Waals surface area contributed by atoms with Crippen molar-refractivity contribution >= 4 is 11.7 Å². The molecule has 2 aliphatic carbocycles. The van der Waals surface area contributed by atoms with Crippen LogP contribution in [0.15, 0.2) is 11.9 Å². The third-order valence-electron chi connectivity index (χ3n) is 4.95. The van der Waals surface area contributed by atoms with Crippen molar-refractivity contribution in [1.82, 2.24) is 9.80 Å². The van der Waals surface area contributed by atoms with Crippen molar-refractivity contribution in [3.63, 3.8) is 0 Å². The first kappa shape index (κ1) is 14.3. The molecule has 0 unspecified atom stereocenters. The van der Waals surface area contributed by atoms with Crippen LogP contribution in [0, 0.1) is 10.8 Å². The maximum Gasteiger partial charge on any atom is 0.250 e. The number of carbonyl (C=O) groups excluding carboxylic acids is 1. The topological polar surface area (TPSA) is 73.4 Å². The summed E-state index contributed by atoms with van der Waals surface area (Å²) in [6.07, 6.45) is 2.67. The number of likely N-dealkylation sites (N-methyl/N-ethyl adjacent to an activating group) is 1. The highest BCUT2D eigenvalue weighted by Gasteiger charge is 2.56. The summed E-state index contributed by atoms with van der Waals surface area (Å²) in [5, 5.41) is 8.30. The summed E-state index contributed by atoms with van der Waals surface area (Å²) in [5.41, 5.74) is 5.36. The van der Waals surface area contributed by atoms with Crippen molar-refractivity contribution < 1.29 is 13.6 Å². The average molecular weight is 298 g/mol. The highest BCUT2D eigenvalue weighted by Crippen LogP contribution is 2.51. The molecule has 1 heterocycles. The van der Waals surface area contributed by atoms with Gasteiger partial charge in [-0.2, -0.15) is 0 Å². The number of carbonyl (C=O) groups is 1. The molecule has 0 aromatic rings. The molecule has 21 heavy (non-hydrogen) atoms. The van der Waals surface area contributed by atoms with Crippen LogP contribution in [-0.4, -0.2) is 47.1 Å². The van der Waals surface area contributed by atoms with Crippen LogP contribution in [0.25, 0.3) is 0 Å². The lowest BCUT2D eigenvalue weighted by molar-refractivity contribution is -0.133. The van der Waals surface area contributed by atoms with Gasteiger partial charge in [0.25, 0.3) is 0 Å². The van der Waals surface area contributed by atoms with Crippen LogP contribution in [0.5, 0.6) is 0 Å². The Kier molecular flexibility index (Phi) is 3.00. The molecule has 3 aliphatic rings. The van der Waals surface area contributed by atoms with E-state index < -0.39 is 11.3 Å². The van der Waals surface area contributed by atoms with Gasteiger partial charge in [-0.3, -0.25) is 10.2 Å². The molecule has 1 spiro atoms. The number of rotatable bonds is 1. The van der Waals surface area contributed by atoms with E-state index >= 15 is 0 Å². The summed E-state index contributed by atoms with van der Waals surface area (Å²) in [5.74, 6) is -2.65. The van der Waals surface area contributed by atoms with E-state index in [-0.39, 0.29) is 30.6 Å². The van der Waals surface area contributed by atoms with E-state index in [4.69, 9.17) is 11.1 Å². The van der Waals surface area contributed by atoms with E-state index in [0.717, 1.165) is 12.8 Å². The molecule has 0 bridgehead atoms. The van der Waals surface area contributed by atoms with Gasteiger partial charge in [0.05, 0.1) is 5.41 Å². The van der Waals surface area contributed by atoms with Gasteiger partial charge in [-0.1, -0.05) is 0 Å². The molecule has 3 rings (SSSR count). The fourth-order valence-electron chi connectivity index (χ4n) is 3.46. The Morgan fingerprint density at radius 1 is 1.38 bits per heavy atom. The van der Waals surface area contributed by atoms with Gasteiger partial charge in [0, 0.05) is 38.7 Å². The highest BCUT2D eigenvalue weighted by atomic mass is 19.3. The normalized spacial score (nSPS) is 32.9. The Morgan fingerprint density at radius 3 is 2.52 bits per heavy atom. The van der Waals surface area contributed by atoms with E-state index in [1.165, 1.54) is 11.1 Å². The van der Waals surface area contributed by atoms with Gasteiger partial charge < -0.3 is 15.5 Å². The van der Waals surface area contributed by atoms with Gasteiger partial charge in [0.1, 0.15) is 11.5 Å². The van der Waals surface area contributed by atoms with E-state index in [9.17, 15) is 13.6 Å². The van der Waals surface area contributed by atoms with Gasteiger partial charge >= 0.3 is 0 Å². The van der Waals surface area contributed by atoms with Crippen LogP contribution in [0.4, 0.5) is 8.78 Å². The van der Waals surface area contributed by atoms with Gasteiger partial charge in [-0.05, 0) is 19.3 Å². The van der Waals surface area contributed by atoms with Crippen molar-refractivity contribution in [3.05, 3.63) is 11.9 Å². The van der Waals surface area contributed by atoms with E-state index in [2.05, 4.69) is 0 Å². The van der Waals surface area contributed by atoms with Gasteiger partial charge in [-0.25, -0.2) is 8.78 Å². The first-order valence-electron chi connectivity index (χ1n) is 7.23. The fourth-order valence-corrected chi connectivity index (χ4v) is 3.46. The Bertz CT molecular complexity index is 527. The predicted molar refractivity (Wildman–Crippen MR) is 73.7 cm³/mol. The summed E-state index contributed by atoms with van der Waals surface area (Å²) in [7, 11) is 1.60. The Labute approximate surface area is 122 Å².